The maximum atomic E-state index is 10.1. The van der Waals surface area contributed by atoms with Gasteiger partial charge in [-0.2, -0.15) is 0 Å². The fourth-order valence-corrected chi connectivity index (χ4v) is 4.36. The second-order valence-electron chi connectivity index (χ2n) is 6.49. The van der Waals surface area contributed by atoms with E-state index in [0.29, 0.717) is 11.3 Å². The highest BCUT2D eigenvalue weighted by Gasteiger charge is 2.63. The summed E-state index contributed by atoms with van der Waals surface area (Å²) < 4.78 is 0. The van der Waals surface area contributed by atoms with Crippen LogP contribution in [-0.4, -0.2) is 11.2 Å². The topological polar surface area (TPSA) is 20.2 Å². The maximum Gasteiger partial charge on any atom is 0.0753 e. The molecule has 2 fully saturated rings. The molecule has 0 saturated heterocycles. The molecule has 0 heterocycles. The van der Waals surface area contributed by atoms with Gasteiger partial charge in [0.25, 0.3) is 0 Å². The van der Waals surface area contributed by atoms with Crippen LogP contribution < -0.4 is 0 Å². The standard InChI is InChI=1S/C14H22O/c1-8-4-7-11(15)9-5-6-10-13(12(8)9)14(10,2)3/h5,8,10-13,15H,4,6-7H2,1-3H3/t8-,10+,11-,12-,13-/m1/s1. The molecule has 0 aliphatic heterocycles. The van der Waals surface area contributed by atoms with E-state index < -0.39 is 0 Å². The van der Waals surface area contributed by atoms with E-state index in [1.165, 1.54) is 18.4 Å². The zero-order valence-corrected chi connectivity index (χ0v) is 10.0. The van der Waals surface area contributed by atoms with Crippen molar-refractivity contribution in [1.29, 1.82) is 0 Å². The third-order valence-corrected chi connectivity index (χ3v) is 5.41. The van der Waals surface area contributed by atoms with Crippen LogP contribution in [0.1, 0.15) is 40.0 Å². The lowest BCUT2D eigenvalue weighted by Gasteiger charge is -2.37. The highest BCUT2D eigenvalue weighted by Crippen LogP contribution is 2.69. The first kappa shape index (κ1) is 9.89. The van der Waals surface area contributed by atoms with Gasteiger partial charge >= 0.3 is 0 Å². The summed E-state index contributed by atoms with van der Waals surface area (Å²) in [5.74, 6) is 3.25. The molecular weight excluding hydrogens is 184 g/mol. The Morgan fingerprint density at radius 1 is 1.33 bits per heavy atom. The molecule has 3 rings (SSSR count). The molecule has 0 amide bonds. The third-order valence-electron chi connectivity index (χ3n) is 5.41. The van der Waals surface area contributed by atoms with Crippen LogP contribution >= 0.6 is 0 Å². The van der Waals surface area contributed by atoms with Gasteiger partial charge in [0.15, 0.2) is 0 Å². The average molecular weight is 206 g/mol. The molecule has 0 bridgehead atoms. The zero-order chi connectivity index (χ0) is 10.8. The summed E-state index contributed by atoms with van der Waals surface area (Å²) in [7, 11) is 0. The van der Waals surface area contributed by atoms with E-state index in [0.717, 1.165) is 24.2 Å². The van der Waals surface area contributed by atoms with E-state index in [1.54, 1.807) is 0 Å². The van der Waals surface area contributed by atoms with E-state index in [9.17, 15) is 5.11 Å². The summed E-state index contributed by atoms with van der Waals surface area (Å²) in [6.45, 7) is 7.20. The van der Waals surface area contributed by atoms with Crippen molar-refractivity contribution in [2.45, 2.75) is 46.1 Å². The number of aliphatic hydroxyl groups is 1. The fraction of sp³-hybridized carbons (Fsp3) is 0.857. The van der Waals surface area contributed by atoms with Gasteiger partial charge in [0.2, 0.25) is 0 Å². The van der Waals surface area contributed by atoms with E-state index in [-0.39, 0.29) is 6.10 Å². The van der Waals surface area contributed by atoms with E-state index in [1.807, 2.05) is 0 Å². The van der Waals surface area contributed by atoms with Crippen molar-refractivity contribution < 1.29 is 5.11 Å². The van der Waals surface area contributed by atoms with Crippen molar-refractivity contribution in [3.63, 3.8) is 0 Å². The van der Waals surface area contributed by atoms with E-state index in [4.69, 9.17) is 0 Å². The van der Waals surface area contributed by atoms with Gasteiger partial charge < -0.3 is 5.11 Å². The molecule has 0 aromatic heterocycles. The molecule has 0 aromatic carbocycles. The van der Waals surface area contributed by atoms with Gasteiger partial charge in [-0.1, -0.05) is 26.8 Å². The van der Waals surface area contributed by atoms with Crippen molar-refractivity contribution >= 4 is 0 Å². The lowest BCUT2D eigenvalue weighted by atomic mass is 9.69. The molecule has 1 nitrogen and oxygen atoms in total. The predicted octanol–water partition coefficient (Wildman–Crippen LogP) is 3.00. The fourth-order valence-electron chi connectivity index (χ4n) is 4.36. The van der Waals surface area contributed by atoms with Crippen LogP contribution in [0.4, 0.5) is 0 Å². The molecule has 0 aromatic rings. The van der Waals surface area contributed by atoms with E-state index in [2.05, 4.69) is 26.8 Å². The molecule has 15 heavy (non-hydrogen) atoms. The first-order valence-corrected chi connectivity index (χ1v) is 6.41. The Morgan fingerprint density at radius 3 is 2.80 bits per heavy atom. The van der Waals surface area contributed by atoms with Gasteiger partial charge in [-0.3, -0.25) is 0 Å². The average Bonchev–Trinajstić information content (AvgIpc) is 2.76. The Kier molecular flexibility index (Phi) is 1.90. The normalized spacial score (nSPS) is 51.5. The van der Waals surface area contributed by atoms with Gasteiger partial charge in [0.05, 0.1) is 6.10 Å². The second kappa shape index (κ2) is 2.88. The second-order valence-corrected chi connectivity index (χ2v) is 6.49. The van der Waals surface area contributed by atoms with Crippen LogP contribution in [0.5, 0.6) is 0 Å². The number of rotatable bonds is 0. The van der Waals surface area contributed by atoms with Crippen molar-refractivity contribution in [3.05, 3.63) is 11.6 Å². The monoisotopic (exact) mass is 206 g/mol. The Labute approximate surface area is 92.6 Å². The van der Waals surface area contributed by atoms with E-state index >= 15 is 0 Å². The molecule has 1 heteroatoms. The van der Waals surface area contributed by atoms with Crippen LogP contribution in [0.15, 0.2) is 11.6 Å². The quantitative estimate of drug-likeness (QED) is 0.604. The smallest absolute Gasteiger partial charge is 0.0753 e. The molecule has 0 radical (unpaired) electrons. The molecule has 2 saturated carbocycles. The Morgan fingerprint density at radius 2 is 2.07 bits per heavy atom. The first-order chi connectivity index (χ1) is 7.03. The molecule has 3 aliphatic rings. The summed E-state index contributed by atoms with van der Waals surface area (Å²) in [6, 6.07) is 0. The van der Waals surface area contributed by atoms with Gasteiger partial charge in [0.1, 0.15) is 0 Å². The van der Waals surface area contributed by atoms with Gasteiger partial charge in [0, 0.05) is 0 Å². The zero-order valence-electron chi connectivity index (χ0n) is 10.0. The summed E-state index contributed by atoms with van der Waals surface area (Å²) in [4.78, 5) is 0. The van der Waals surface area contributed by atoms with Crippen LogP contribution in [0.3, 0.4) is 0 Å². The van der Waals surface area contributed by atoms with Crippen LogP contribution in [0, 0.1) is 29.1 Å². The number of aliphatic hydroxyl groups excluding tert-OH is 1. The maximum absolute atomic E-state index is 10.1. The molecule has 0 spiro atoms. The van der Waals surface area contributed by atoms with Crippen LogP contribution in [0.2, 0.25) is 0 Å². The third kappa shape index (κ3) is 1.19. The lowest BCUT2D eigenvalue weighted by Crippen LogP contribution is -2.33. The minimum absolute atomic E-state index is 0.122. The SMILES string of the molecule is C[C@@H]1CC[C@@H](O)C2=CC[C@H]3[C@H]([C@@H]21)C3(C)C. The number of hydrogen-bond acceptors (Lipinski definition) is 1. The number of fused-ring (bicyclic) bond motifs is 3. The molecule has 3 aliphatic carbocycles. The highest BCUT2D eigenvalue weighted by molar-refractivity contribution is 5.29. The van der Waals surface area contributed by atoms with Crippen molar-refractivity contribution in [3.8, 4) is 0 Å². The van der Waals surface area contributed by atoms with Crippen LogP contribution in [0.25, 0.3) is 0 Å². The molecule has 1 N–H and O–H groups in total. The summed E-state index contributed by atoms with van der Waals surface area (Å²) >= 11 is 0. The predicted molar refractivity (Wildman–Crippen MR) is 61.4 cm³/mol. The Hall–Kier alpha value is -0.300. The Bertz CT molecular complexity index is 315. The summed E-state index contributed by atoms with van der Waals surface area (Å²) in [5.41, 5.74) is 1.93. The molecule has 84 valence electrons. The van der Waals surface area contributed by atoms with Crippen molar-refractivity contribution in [1.82, 2.24) is 0 Å². The summed E-state index contributed by atoms with van der Waals surface area (Å²) in [6.07, 6.45) is 5.65. The Balaban J connectivity index is 1.94. The van der Waals surface area contributed by atoms with Crippen LogP contribution in [-0.2, 0) is 0 Å². The molecule has 0 unspecified atom stereocenters. The lowest BCUT2D eigenvalue weighted by molar-refractivity contribution is 0.117. The highest BCUT2D eigenvalue weighted by atomic mass is 16.3. The van der Waals surface area contributed by atoms with Crippen molar-refractivity contribution in [2.24, 2.45) is 29.1 Å². The first-order valence-electron chi connectivity index (χ1n) is 6.41. The number of hydrogen-bond donors (Lipinski definition) is 1. The molecular formula is C14H22O. The van der Waals surface area contributed by atoms with Gasteiger partial charge in [-0.25, -0.2) is 0 Å². The molecule has 5 atom stereocenters. The number of allylic oxidation sites excluding steroid dienone is 1. The largest absolute Gasteiger partial charge is 0.389 e. The minimum atomic E-state index is -0.122. The van der Waals surface area contributed by atoms with Gasteiger partial charge in [-0.05, 0) is 53.9 Å². The van der Waals surface area contributed by atoms with Crippen molar-refractivity contribution in [2.75, 3.05) is 0 Å². The minimum Gasteiger partial charge on any atom is -0.389 e. The van der Waals surface area contributed by atoms with Gasteiger partial charge in [-0.15, -0.1) is 0 Å². The summed E-state index contributed by atoms with van der Waals surface area (Å²) in [5, 5.41) is 10.1.